The fraction of sp³-hybridized carbons (Fsp3) is 0.929. The third-order valence-corrected chi connectivity index (χ3v) is 3.90. The lowest BCUT2D eigenvalue weighted by atomic mass is 10.0. The lowest BCUT2D eigenvalue weighted by Crippen LogP contribution is -2.46. The maximum atomic E-state index is 11.9. The Labute approximate surface area is 115 Å². The number of piperidine rings is 1. The molecule has 19 heavy (non-hydrogen) atoms. The van der Waals surface area contributed by atoms with Gasteiger partial charge in [-0.1, -0.05) is 0 Å². The van der Waals surface area contributed by atoms with Crippen molar-refractivity contribution in [3.05, 3.63) is 0 Å². The minimum Gasteiger partial charge on any atom is -0.382 e. The minimum atomic E-state index is 0.108. The molecule has 1 heterocycles. The number of carbonyl (C=O) groups excluding carboxylic acids is 1. The van der Waals surface area contributed by atoms with E-state index in [2.05, 4.69) is 5.32 Å². The van der Waals surface area contributed by atoms with Gasteiger partial charge in [-0.05, 0) is 38.1 Å². The van der Waals surface area contributed by atoms with Crippen LogP contribution >= 0.6 is 0 Å². The molecule has 2 aliphatic rings. The highest BCUT2D eigenvalue weighted by Gasteiger charge is 2.25. The van der Waals surface area contributed by atoms with Gasteiger partial charge in [-0.2, -0.15) is 0 Å². The first-order valence-electron chi connectivity index (χ1n) is 7.37. The SMILES string of the molecule is COCCOCC(=O)N1CCC(NCC2CC2)CC1. The second kappa shape index (κ2) is 7.82. The van der Waals surface area contributed by atoms with E-state index < -0.39 is 0 Å². The predicted octanol–water partition coefficient (Wildman–Crippen LogP) is 0.640. The molecule has 5 nitrogen and oxygen atoms in total. The Morgan fingerprint density at radius 1 is 1.21 bits per heavy atom. The van der Waals surface area contributed by atoms with Crippen molar-refractivity contribution in [2.75, 3.05) is 46.6 Å². The third kappa shape index (κ3) is 5.47. The molecule has 0 aromatic rings. The largest absolute Gasteiger partial charge is 0.382 e. The number of nitrogens with one attached hydrogen (secondary N) is 1. The van der Waals surface area contributed by atoms with Crippen LogP contribution in [-0.2, 0) is 14.3 Å². The summed E-state index contributed by atoms with van der Waals surface area (Å²) in [7, 11) is 1.63. The zero-order valence-corrected chi connectivity index (χ0v) is 11.9. The highest BCUT2D eigenvalue weighted by Crippen LogP contribution is 2.28. The van der Waals surface area contributed by atoms with Crippen LogP contribution in [0.5, 0.6) is 0 Å². The van der Waals surface area contributed by atoms with Gasteiger partial charge in [0.2, 0.25) is 5.91 Å². The molecule has 5 heteroatoms. The molecule has 1 amide bonds. The van der Waals surface area contributed by atoms with Crippen molar-refractivity contribution in [2.45, 2.75) is 31.7 Å². The summed E-state index contributed by atoms with van der Waals surface area (Å²) in [6, 6.07) is 0.596. The Hall–Kier alpha value is -0.650. The Balaban J connectivity index is 1.54. The van der Waals surface area contributed by atoms with E-state index in [0.29, 0.717) is 19.3 Å². The van der Waals surface area contributed by atoms with Crippen molar-refractivity contribution < 1.29 is 14.3 Å². The van der Waals surface area contributed by atoms with Gasteiger partial charge in [-0.15, -0.1) is 0 Å². The zero-order valence-electron chi connectivity index (χ0n) is 11.9. The van der Waals surface area contributed by atoms with E-state index in [0.717, 1.165) is 31.8 Å². The molecule has 0 bridgehead atoms. The van der Waals surface area contributed by atoms with Gasteiger partial charge in [-0.3, -0.25) is 4.79 Å². The van der Waals surface area contributed by atoms with Crippen LogP contribution in [0.3, 0.4) is 0 Å². The molecule has 1 N–H and O–H groups in total. The van der Waals surface area contributed by atoms with E-state index in [-0.39, 0.29) is 12.5 Å². The highest BCUT2D eigenvalue weighted by atomic mass is 16.5. The number of methoxy groups -OCH3 is 1. The van der Waals surface area contributed by atoms with Crippen LogP contribution < -0.4 is 5.32 Å². The monoisotopic (exact) mass is 270 g/mol. The summed E-state index contributed by atoms with van der Waals surface area (Å²) in [5.74, 6) is 1.03. The van der Waals surface area contributed by atoms with Gasteiger partial charge < -0.3 is 19.7 Å². The maximum absolute atomic E-state index is 11.9. The molecule has 2 fully saturated rings. The van der Waals surface area contributed by atoms with E-state index in [1.54, 1.807) is 7.11 Å². The average molecular weight is 270 g/mol. The molecule has 1 saturated heterocycles. The first-order valence-corrected chi connectivity index (χ1v) is 7.37. The van der Waals surface area contributed by atoms with Gasteiger partial charge >= 0.3 is 0 Å². The molecule has 2 rings (SSSR count). The molecule has 1 aliphatic heterocycles. The fourth-order valence-corrected chi connectivity index (χ4v) is 2.38. The number of hydrogen-bond acceptors (Lipinski definition) is 4. The molecular weight excluding hydrogens is 244 g/mol. The number of ether oxygens (including phenoxy) is 2. The van der Waals surface area contributed by atoms with Crippen LogP contribution in [0.1, 0.15) is 25.7 Å². The normalized spacial score (nSPS) is 20.8. The predicted molar refractivity (Wildman–Crippen MR) is 73.0 cm³/mol. The number of likely N-dealkylation sites (tertiary alicyclic amines) is 1. The quantitative estimate of drug-likeness (QED) is 0.658. The molecule has 1 saturated carbocycles. The van der Waals surface area contributed by atoms with Crippen LogP contribution in [0.2, 0.25) is 0 Å². The van der Waals surface area contributed by atoms with Crippen molar-refractivity contribution in [3.63, 3.8) is 0 Å². The van der Waals surface area contributed by atoms with Crippen LogP contribution in [-0.4, -0.2) is 63.4 Å². The second-order valence-corrected chi connectivity index (χ2v) is 5.55. The van der Waals surface area contributed by atoms with Gasteiger partial charge in [0.05, 0.1) is 13.2 Å². The van der Waals surface area contributed by atoms with Crippen LogP contribution in [0.15, 0.2) is 0 Å². The molecule has 1 aliphatic carbocycles. The summed E-state index contributed by atoms with van der Waals surface area (Å²) < 4.78 is 10.1. The highest BCUT2D eigenvalue weighted by molar-refractivity contribution is 5.77. The van der Waals surface area contributed by atoms with Crippen LogP contribution in [0.4, 0.5) is 0 Å². The second-order valence-electron chi connectivity index (χ2n) is 5.55. The average Bonchev–Trinajstić information content (AvgIpc) is 3.26. The van der Waals surface area contributed by atoms with Crippen molar-refractivity contribution in [2.24, 2.45) is 5.92 Å². The summed E-state index contributed by atoms with van der Waals surface area (Å²) in [5.41, 5.74) is 0. The fourth-order valence-electron chi connectivity index (χ4n) is 2.38. The first kappa shape index (κ1) is 14.8. The summed E-state index contributed by atoms with van der Waals surface area (Å²) in [6.07, 6.45) is 4.92. The molecule has 0 atom stereocenters. The Morgan fingerprint density at radius 2 is 1.95 bits per heavy atom. The number of nitrogens with zero attached hydrogens (tertiary/aromatic N) is 1. The van der Waals surface area contributed by atoms with Gasteiger partial charge in [0, 0.05) is 26.2 Å². The summed E-state index contributed by atoms with van der Waals surface area (Å²) in [4.78, 5) is 13.8. The Kier molecular flexibility index (Phi) is 6.07. The zero-order chi connectivity index (χ0) is 13.5. The minimum absolute atomic E-state index is 0.108. The van der Waals surface area contributed by atoms with E-state index in [9.17, 15) is 4.79 Å². The molecule has 0 unspecified atom stereocenters. The smallest absolute Gasteiger partial charge is 0.248 e. The standard InChI is InChI=1S/C14H26N2O3/c1-18-8-9-19-11-14(17)16-6-4-13(5-7-16)15-10-12-2-3-12/h12-13,15H,2-11H2,1H3. The summed E-state index contributed by atoms with van der Waals surface area (Å²) >= 11 is 0. The van der Waals surface area contributed by atoms with Gasteiger partial charge in [0.15, 0.2) is 0 Å². The van der Waals surface area contributed by atoms with E-state index in [1.807, 2.05) is 4.90 Å². The maximum Gasteiger partial charge on any atom is 0.248 e. The topological polar surface area (TPSA) is 50.8 Å². The number of amides is 1. The van der Waals surface area contributed by atoms with E-state index in [1.165, 1.54) is 19.4 Å². The molecule has 0 aromatic heterocycles. The van der Waals surface area contributed by atoms with Gasteiger partial charge in [0.1, 0.15) is 6.61 Å². The van der Waals surface area contributed by atoms with Crippen molar-refractivity contribution in [1.29, 1.82) is 0 Å². The first-order chi connectivity index (χ1) is 9.29. The van der Waals surface area contributed by atoms with E-state index in [4.69, 9.17) is 9.47 Å². The lowest BCUT2D eigenvalue weighted by molar-refractivity contribution is -0.137. The van der Waals surface area contributed by atoms with Gasteiger partial charge in [-0.25, -0.2) is 0 Å². The lowest BCUT2D eigenvalue weighted by Gasteiger charge is -2.32. The van der Waals surface area contributed by atoms with Gasteiger partial charge in [0.25, 0.3) is 0 Å². The molecular formula is C14H26N2O3. The van der Waals surface area contributed by atoms with E-state index >= 15 is 0 Å². The molecule has 0 radical (unpaired) electrons. The number of hydrogen-bond donors (Lipinski definition) is 1. The summed E-state index contributed by atoms with van der Waals surface area (Å²) in [6.45, 7) is 4.09. The molecule has 110 valence electrons. The van der Waals surface area contributed by atoms with Crippen LogP contribution in [0, 0.1) is 5.92 Å². The number of carbonyl (C=O) groups is 1. The van der Waals surface area contributed by atoms with Crippen molar-refractivity contribution >= 4 is 5.91 Å². The molecule has 0 spiro atoms. The van der Waals surface area contributed by atoms with Crippen molar-refractivity contribution in [3.8, 4) is 0 Å². The van der Waals surface area contributed by atoms with Crippen molar-refractivity contribution in [1.82, 2.24) is 10.2 Å². The molecule has 0 aromatic carbocycles. The van der Waals surface area contributed by atoms with Crippen LogP contribution in [0.25, 0.3) is 0 Å². The third-order valence-electron chi connectivity index (χ3n) is 3.90. The summed E-state index contributed by atoms with van der Waals surface area (Å²) in [5, 5.41) is 3.62. The Morgan fingerprint density at radius 3 is 2.58 bits per heavy atom. The number of rotatable bonds is 8. The Bertz CT molecular complexity index is 274.